The summed E-state index contributed by atoms with van der Waals surface area (Å²) in [6, 6.07) is 0. The molecule has 1 atom stereocenters. The average Bonchev–Trinajstić information content (AvgIpc) is 2.40. The van der Waals surface area contributed by atoms with Gasteiger partial charge in [-0.3, -0.25) is 0 Å². The van der Waals surface area contributed by atoms with E-state index < -0.39 is 0 Å². The van der Waals surface area contributed by atoms with Gasteiger partial charge in [0, 0.05) is 0 Å². The SMILES string of the molecule is CC.CC(C)c1cn(P)nn1. The smallest absolute Gasteiger partial charge is 0.0855 e. The summed E-state index contributed by atoms with van der Waals surface area (Å²) in [5.41, 5.74) is 1.03. The Morgan fingerprint density at radius 2 is 2.00 bits per heavy atom. The highest BCUT2D eigenvalue weighted by Gasteiger charge is 2.00. The first-order valence-corrected chi connectivity index (χ1v) is 4.39. The van der Waals surface area contributed by atoms with Crippen molar-refractivity contribution in [1.82, 2.24) is 14.8 Å². The summed E-state index contributed by atoms with van der Waals surface area (Å²) in [7, 11) is 2.44. The van der Waals surface area contributed by atoms with Gasteiger partial charge in [-0.2, -0.15) is 0 Å². The Bertz CT molecular complexity index is 195. The molecule has 0 amide bonds. The third-order valence-electron chi connectivity index (χ3n) is 1.12. The molecule has 0 radical (unpaired) electrons. The highest BCUT2D eigenvalue weighted by molar-refractivity contribution is 7.14. The maximum atomic E-state index is 3.91. The van der Waals surface area contributed by atoms with E-state index in [0.717, 1.165) is 5.69 Å². The van der Waals surface area contributed by atoms with Gasteiger partial charge in [-0.25, -0.2) is 4.45 Å². The number of aromatic nitrogens is 3. The predicted octanol–water partition coefficient (Wildman–Crippen LogP) is 2.07. The van der Waals surface area contributed by atoms with E-state index in [2.05, 4.69) is 33.6 Å². The van der Waals surface area contributed by atoms with Crippen molar-refractivity contribution in [2.45, 2.75) is 33.6 Å². The van der Waals surface area contributed by atoms with Gasteiger partial charge in [-0.15, -0.1) is 5.10 Å². The predicted molar refractivity (Wildman–Crippen MR) is 50.6 cm³/mol. The molecule has 1 heterocycles. The maximum Gasteiger partial charge on any atom is 0.0855 e. The Kier molecular flexibility index (Phi) is 5.05. The first-order chi connectivity index (χ1) is 5.20. The Morgan fingerprint density at radius 3 is 2.18 bits per heavy atom. The van der Waals surface area contributed by atoms with Crippen molar-refractivity contribution >= 4 is 9.39 Å². The van der Waals surface area contributed by atoms with Crippen molar-refractivity contribution < 1.29 is 0 Å². The molecule has 0 aliphatic heterocycles. The van der Waals surface area contributed by atoms with Crippen LogP contribution in [0.3, 0.4) is 0 Å². The number of rotatable bonds is 1. The van der Waals surface area contributed by atoms with Crippen LogP contribution in [0.1, 0.15) is 39.3 Å². The molecule has 0 spiro atoms. The molecule has 0 aromatic carbocycles. The normalized spacial score (nSPS) is 9.27. The maximum absolute atomic E-state index is 3.91. The lowest BCUT2D eigenvalue weighted by Crippen LogP contribution is -1.85. The van der Waals surface area contributed by atoms with Crippen LogP contribution in [-0.4, -0.2) is 14.8 Å². The van der Waals surface area contributed by atoms with Crippen LogP contribution in [-0.2, 0) is 0 Å². The molecule has 1 unspecified atom stereocenters. The molecule has 11 heavy (non-hydrogen) atoms. The van der Waals surface area contributed by atoms with E-state index in [4.69, 9.17) is 0 Å². The zero-order valence-corrected chi connectivity index (χ0v) is 8.73. The monoisotopic (exact) mass is 173 g/mol. The highest BCUT2D eigenvalue weighted by atomic mass is 31.0. The Hall–Kier alpha value is -0.430. The van der Waals surface area contributed by atoms with E-state index in [0.29, 0.717) is 5.92 Å². The summed E-state index contributed by atoms with van der Waals surface area (Å²) >= 11 is 0. The second-order valence-electron chi connectivity index (χ2n) is 2.28. The molecular formula is C7H16N3P. The van der Waals surface area contributed by atoms with E-state index >= 15 is 0 Å². The molecule has 0 fully saturated rings. The van der Waals surface area contributed by atoms with Crippen LogP contribution in [0.5, 0.6) is 0 Å². The average molecular weight is 173 g/mol. The minimum absolute atomic E-state index is 0.472. The first kappa shape index (κ1) is 10.6. The Balaban J connectivity index is 0.000000461. The van der Waals surface area contributed by atoms with Gasteiger partial charge in [-0.1, -0.05) is 32.9 Å². The minimum Gasteiger partial charge on any atom is -0.238 e. The molecule has 0 bridgehead atoms. The van der Waals surface area contributed by atoms with Crippen molar-refractivity contribution in [1.29, 1.82) is 0 Å². The highest BCUT2D eigenvalue weighted by Crippen LogP contribution is 2.09. The standard InChI is InChI=1S/C5H10N3P.C2H6/c1-4(2)5-3-8(9)7-6-5;1-2/h3-4H,9H2,1-2H3;1-2H3. The first-order valence-electron chi connectivity index (χ1n) is 3.87. The van der Waals surface area contributed by atoms with E-state index in [1.54, 1.807) is 4.45 Å². The van der Waals surface area contributed by atoms with Gasteiger partial charge < -0.3 is 0 Å². The van der Waals surface area contributed by atoms with Crippen LogP contribution >= 0.6 is 9.39 Å². The molecule has 0 aliphatic rings. The fourth-order valence-corrected chi connectivity index (χ4v) is 0.759. The fourth-order valence-electron chi connectivity index (χ4n) is 0.555. The van der Waals surface area contributed by atoms with Crippen LogP contribution in [0.4, 0.5) is 0 Å². The zero-order chi connectivity index (χ0) is 8.85. The van der Waals surface area contributed by atoms with Crippen LogP contribution in [0.15, 0.2) is 6.20 Å². The summed E-state index contributed by atoms with van der Waals surface area (Å²) in [6.45, 7) is 8.18. The lowest BCUT2D eigenvalue weighted by Gasteiger charge is -1.93. The number of hydrogen-bond donors (Lipinski definition) is 0. The Labute approximate surface area is 70.4 Å². The quantitative estimate of drug-likeness (QED) is 0.608. The molecule has 1 aromatic rings. The number of hydrogen-bond acceptors (Lipinski definition) is 2. The molecule has 3 nitrogen and oxygen atoms in total. The molecule has 64 valence electrons. The van der Waals surface area contributed by atoms with Crippen molar-refractivity contribution in [2.75, 3.05) is 0 Å². The van der Waals surface area contributed by atoms with Crippen LogP contribution in [0, 0.1) is 0 Å². The van der Waals surface area contributed by atoms with Gasteiger partial charge in [0.2, 0.25) is 0 Å². The van der Waals surface area contributed by atoms with E-state index in [1.165, 1.54) is 0 Å². The Morgan fingerprint density at radius 1 is 1.45 bits per heavy atom. The molecule has 1 rings (SSSR count). The number of nitrogens with zero attached hydrogens (tertiary/aromatic N) is 3. The van der Waals surface area contributed by atoms with Gasteiger partial charge in [-0.05, 0) is 15.3 Å². The summed E-state index contributed by atoms with van der Waals surface area (Å²) in [5, 5.41) is 7.67. The summed E-state index contributed by atoms with van der Waals surface area (Å²) in [6.07, 6.45) is 1.90. The van der Waals surface area contributed by atoms with Crippen LogP contribution < -0.4 is 0 Å². The van der Waals surface area contributed by atoms with Crippen LogP contribution in [0.25, 0.3) is 0 Å². The largest absolute Gasteiger partial charge is 0.238 e. The van der Waals surface area contributed by atoms with Gasteiger partial charge >= 0.3 is 0 Å². The van der Waals surface area contributed by atoms with Gasteiger partial charge in [0.15, 0.2) is 0 Å². The van der Waals surface area contributed by atoms with Gasteiger partial charge in [0.25, 0.3) is 0 Å². The summed E-state index contributed by atoms with van der Waals surface area (Å²) < 4.78 is 1.63. The van der Waals surface area contributed by atoms with E-state index in [-0.39, 0.29) is 0 Å². The van der Waals surface area contributed by atoms with Crippen LogP contribution in [0.2, 0.25) is 0 Å². The molecule has 0 saturated carbocycles. The molecule has 0 saturated heterocycles. The topological polar surface area (TPSA) is 30.7 Å². The second kappa shape index (κ2) is 5.25. The third kappa shape index (κ3) is 3.47. The molecular weight excluding hydrogens is 157 g/mol. The van der Waals surface area contributed by atoms with Crippen molar-refractivity contribution in [2.24, 2.45) is 0 Å². The van der Waals surface area contributed by atoms with Crippen molar-refractivity contribution in [3.63, 3.8) is 0 Å². The van der Waals surface area contributed by atoms with E-state index in [1.807, 2.05) is 20.0 Å². The van der Waals surface area contributed by atoms with Crippen molar-refractivity contribution in [3.05, 3.63) is 11.9 Å². The zero-order valence-electron chi connectivity index (χ0n) is 7.57. The third-order valence-corrected chi connectivity index (χ3v) is 1.37. The lowest BCUT2D eigenvalue weighted by atomic mass is 10.2. The van der Waals surface area contributed by atoms with Gasteiger partial charge in [0.1, 0.15) is 0 Å². The van der Waals surface area contributed by atoms with Gasteiger partial charge in [0.05, 0.1) is 11.9 Å². The molecule has 1 aromatic heterocycles. The van der Waals surface area contributed by atoms with Crippen molar-refractivity contribution in [3.8, 4) is 0 Å². The molecule has 0 N–H and O–H groups in total. The second-order valence-corrected chi connectivity index (χ2v) is 2.81. The minimum atomic E-state index is 0.472. The molecule has 4 heteroatoms. The lowest BCUT2D eigenvalue weighted by molar-refractivity contribution is 0.799. The van der Waals surface area contributed by atoms with E-state index in [9.17, 15) is 0 Å². The fraction of sp³-hybridized carbons (Fsp3) is 0.714. The molecule has 0 aliphatic carbocycles. The summed E-state index contributed by atoms with van der Waals surface area (Å²) in [5.74, 6) is 0.472. The summed E-state index contributed by atoms with van der Waals surface area (Å²) in [4.78, 5) is 0.